The van der Waals surface area contributed by atoms with Crippen LogP contribution in [-0.2, 0) is 25.7 Å². The van der Waals surface area contributed by atoms with Crippen LogP contribution in [0, 0.1) is 5.92 Å². The first kappa shape index (κ1) is 41.1. The van der Waals surface area contributed by atoms with E-state index in [4.69, 9.17) is 21.5 Å². The molecule has 0 aromatic heterocycles. The second kappa shape index (κ2) is 16.6. The number of aliphatic carboxylic acids is 1. The Morgan fingerprint density at radius 3 is 2.21 bits per heavy atom. The van der Waals surface area contributed by atoms with E-state index >= 15 is 0 Å². The zero-order chi connectivity index (χ0) is 38.5. The van der Waals surface area contributed by atoms with Crippen molar-refractivity contribution >= 4 is 35.1 Å². The Kier molecular flexibility index (Phi) is 13.1. The number of amides is 2. The summed E-state index contributed by atoms with van der Waals surface area (Å²) >= 11 is 6.34. The molecular formula is C37H48ClF5N4O5. The highest BCUT2D eigenvalue weighted by Crippen LogP contribution is 2.43. The first-order valence-corrected chi connectivity index (χ1v) is 18.2. The van der Waals surface area contributed by atoms with Gasteiger partial charge in [0.15, 0.2) is 0 Å². The number of carbonyl (C=O) groups is 3. The number of alkyl halides is 5. The van der Waals surface area contributed by atoms with E-state index in [9.17, 15) is 36.6 Å². The van der Waals surface area contributed by atoms with E-state index in [0.717, 1.165) is 77.2 Å². The maximum absolute atomic E-state index is 14.1. The Morgan fingerprint density at radius 2 is 1.65 bits per heavy atom. The summed E-state index contributed by atoms with van der Waals surface area (Å²) < 4.78 is 59.8. The molecule has 1 atom stereocenters. The largest absolute Gasteiger partial charge is 0.506 e. The lowest BCUT2D eigenvalue weighted by Gasteiger charge is -2.43. The van der Waals surface area contributed by atoms with E-state index in [-0.39, 0.29) is 34.5 Å². The number of halogens is 6. The molecule has 3 N–H and O–H groups in total. The topological polar surface area (TPSA) is 113 Å². The summed E-state index contributed by atoms with van der Waals surface area (Å²) in [7, 11) is 0. The molecule has 3 saturated heterocycles. The molecule has 6 rings (SSSR count). The number of carbonyl (C=O) groups excluding carboxylic acids is 2. The van der Waals surface area contributed by atoms with Gasteiger partial charge in [0, 0.05) is 55.7 Å². The average Bonchev–Trinajstić information content (AvgIpc) is 3.65. The van der Waals surface area contributed by atoms with Crippen LogP contribution < -0.4 is 10.2 Å². The van der Waals surface area contributed by atoms with Gasteiger partial charge in [-0.1, -0.05) is 50.1 Å². The summed E-state index contributed by atoms with van der Waals surface area (Å²) in [6.45, 7) is 8.93. The summed E-state index contributed by atoms with van der Waals surface area (Å²) in [6.07, 6.45) is 1.91. The standard InChI is InChI=1S/C33H41ClF2N4O3.C2HF3O2.C2H6/c1-31(35,36)24-7-3-8-26(19-24)40-22-37-30(43)33(40)13-16-38(17-14-33)15-4-11-32(25-9-10-28(41)27(34)20-25)12-18-39(21-32)29(42)23-5-2-6-23;3-2(4,5)1(6)7;1-2/h3,7-10,19-20,23,41H,2,4-6,11-18,21-22H2,1H3,(H,37,43);(H,6,7);1-2H3. The lowest BCUT2D eigenvalue weighted by Crippen LogP contribution is -2.56. The first-order valence-electron chi connectivity index (χ1n) is 17.8. The number of aromatic hydroxyl groups is 1. The lowest BCUT2D eigenvalue weighted by atomic mass is 9.75. The SMILES string of the molecule is CC.CC(F)(F)c1cccc(N2CNC(=O)C23CCN(CCCC2(c4ccc(O)c(Cl)c4)CCN(C(=O)C4CCC4)C2)CC3)c1.O=C(O)C(F)(F)F. The zero-order valence-corrected chi connectivity index (χ0v) is 30.5. The van der Waals surface area contributed by atoms with Crippen molar-refractivity contribution in [1.29, 1.82) is 0 Å². The van der Waals surface area contributed by atoms with Gasteiger partial charge in [0.1, 0.15) is 11.3 Å². The predicted octanol–water partition coefficient (Wildman–Crippen LogP) is 7.30. The molecule has 1 saturated carbocycles. The number of phenols is 1. The number of carboxylic acid groups (broad SMARTS) is 1. The number of hydrogen-bond acceptors (Lipinski definition) is 6. The first-order chi connectivity index (χ1) is 24.4. The minimum Gasteiger partial charge on any atom is -0.506 e. The fourth-order valence-electron chi connectivity index (χ4n) is 7.55. The Bertz CT molecular complexity index is 1580. The maximum Gasteiger partial charge on any atom is 0.490 e. The van der Waals surface area contributed by atoms with Crippen LogP contribution in [0.25, 0.3) is 0 Å². The molecule has 15 heteroatoms. The number of benzene rings is 2. The van der Waals surface area contributed by atoms with E-state index in [1.54, 1.807) is 18.2 Å². The van der Waals surface area contributed by atoms with Crippen LogP contribution >= 0.6 is 11.6 Å². The van der Waals surface area contributed by atoms with Crippen molar-refractivity contribution in [3.05, 3.63) is 58.6 Å². The molecular weight excluding hydrogens is 711 g/mol. The van der Waals surface area contributed by atoms with Gasteiger partial charge in [0.2, 0.25) is 11.8 Å². The Labute approximate surface area is 306 Å². The molecule has 2 aromatic carbocycles. The van der Waals surface area contributed by atoms with Crippen molar-refractivity contribution in [1.82, 2.24) is 15.1 Å². The molecule has 3 heterocycles. The quantitative estimate of drug-likeness (QED) is 0.243. The zero-order valence-electron chi connectivity index (χ0n) is 29.7. The molecule has 3 aliphatic heterocycles. The smallest absolute Gasteiger partial charge is 0.490 e. The molecule has 0 bridgehead atoms. The lowest BCUT2D eigenvalue weighted by molar-refractivity contribution is -0.192. The van der Waals surface area contributed by atoms with Crippen LogP contribution in [0.3, 0.4) is 0 Å². The fourth-order valence-corrected chi connectivity index (χ4v) is 7.73. The number of likely N-dealkylation sites (tertiary alicyclic amines) is 2. The molecule has 2 amide bonds. The summed E-state index contributed by atoms with van der Waals surface area (Å²) in [6, 6.07) is 11.8. The molecule has 52 heavy (non-hydrogen) atoms. The summed E-state index contributed by atoms with van der Waals surface area (Å²) in [4.78, 5) is 41.5. The monoisotopic (exact) mass is 758 g/mol. The minimum absolute atomic E-state index is 0.0360. The molecule has 1 aliphatic carbocycles. The fraction of sp³-hybridized carbons (Fsp3) is 0.595. The van der Waals surface area contributed by atoms with Gasteiger partial charge in [-0.3, -0.25) is 9.59 Å². The molecule has 1 unspecified atom stereocenters. The molecule has 4 aliphatic rings. The van der Waals surface area contributed by atoms with Gasteiger partial charge in [-0.05, 0) is 81.3 Å². The van der Waals surface area contributed by atoms with Crippen molar-refractivity contribution in [2.75, 3.05) is 44.3 Å². The van der Waals surface area contributed by atoms with Crippen molar-refractivity contribution in [2.24, 2.45) is 5.92 Å². The van der Waals surface area contributed by atoms with Gasteiger partial charge in [-0.15, -0.1) is 0 Å². The van der Waals surface area contributed by atoms with Crippen LogP contribution in [0.15, 0.2) is 42.5 Å². The molecule has 9 nitrogen and oxygen atoms in total. The van der Waals surface area contributed by atoms with Crippen molar-refractivity contribution in [2.45, 2.75) is 95.2 Å². The van der Waals surface area contributed by atoms with Gasteiger partial charge in [0.05, 0.1) is 11.7 Å². The average molecular weight is 759 g/mol. The Morgan fingerprint density at radius 1 is 1.00 bits per heavy atom. The normalized spacial score (nSPS) is 21.8. The Hall–Kier alpha value is -3.65. The van der Waals surface area contributed by atoms with Gasteiger partial charge in [-0.25, -0.2) is 13.6 Å². The minimum atomic E-state index is -5.08. The molecule has 0 radical (unpaired) electrons. The van der Waals surface area contributed by atoms with E-state index in [2.05, 4.69) is 10.2 Å². The second-order valence-electron chi connectivity index (χ2n) is 13.9. The van der Waals surface area contributed by atoms with E-state index in [0.29, 0.717) is 36.8 Å². The number of nitrogens with zero attached hydrogens (tertiary/aromatic N) is 3. The summed E-state index contributed by atoms with van der Waals surface area (Å²) in [5, 5.41) is 20.5. The van der Waals surface area contributed by atoms with Crippen LogP contribution in [0.4, 0.5) is 27.6 Å². The predicted molar refractivity (Wildman–Crippen MR) is 188 cm³/mol. The Balaban J connectivity index is 0.000000604. The maximum atomic E-state index is 14.1. The number of carboxylic acids is 1. The third-order valence-electron chi connectivity index (χ3n) is 10.7. The second-order valence-corrected chi connectivity index (χ2v) is 14.3. The highest BCUT2D eigenvalue weighted by atomic mass is 35.5. The third kappa shape index (κ3) is 9.10. The van der Waals surface area contributed by atoms with E-state index < -0.39 is 23.6 Å². The number of rotatable bonds is 8. The highest BCUT2D eigenvalue weighted by molar-refractivity contribution is 6.32. The number of piperidine rings is 1. The van der Waals surface area contributed by atoms with E-state index in [1.807, 2.05) is 35.8 Å². The molecule has 2 aromatic rings. The van der Waals surface area contributed by atoms with Crippen LogP contribution in [0.2, 0.25) is 5.02 Å². The number of phenolic OH excluding ortho intramolecular Hbond substituents is 1. The van der Waals surface area contributed by atoms with Crippen LogP contribution in [-0.4, -0.2) is 88.9 Å². The molecule has 1 spiro atoms. The third-order valence-corrected chi connectivity index (χ3v) is 11.0. The highest BCUT2D eigenvalue weighted by Gasteiger charge is 2.51. The van der Waals surface area contributed by atoms with Crippen LogP contribution in [0.5, 0.6) is 5.75 Å². The summed E-state index contributed by atoms with van der Waals surface area (Å²) in [5.41, 5.74) is 0.691. The van der Waals surface area contributed by atoms with Gasteiger partial charge in [0.25, 0.3) is 5.92 Å². The van der Waals surface area contributed by atoms with Crippen molar-refractivity contribution in [3.63, 3.8) is 0 Å². The van der Waals surface area contributed by atoms with Gasteiger partial charge < -0.3 is 30.2 Å². The number of hydrogen-bond donors (Lipinski definition) is 3. The van der Waals surface area contributed by atoms with Gasteiger partial charge >= 0.3 is 12.1 Å². The number of nitrogens with one attached hydrogen (secondary N) is 1. The van der Waals surface area contributed by atoms with Crippen LogP contribution in [0.1, 0.15) is 83.3 Å². The van der Waals surface area contributed by atoms with Gasteiger partial charge in [-0.2, -0.15) is 13.2 Å². The summed E-state index contributed by atoms with van der Waals surface area (Å²) in [5.74, 6) is -5.25. The molecule has 4 fully saturated rings. The number of anilines is 1. The molecule has 288 valence electrons. The van der Waals surface area contributed by atoms with Crippen molar-refractivity contribution < 1.29 is 46.5 Å². The van der Waals surface area contributed by atoms with E-state index in [1.165, 1.54) is 12.1 Å². The van der Waals surface area contributed by atoms with Crippen molar-refractivity contribution in [3.8, 4) is 5.75 Å².